The molecule has 3 aromatic rings. The lowest BCUT2D eigenvalue weighted by Crippen LogP contribution is -2.14. The van der Waals surface area contributed by atoms with E-state index in [1.54, 1.807) is 12.1 Å². The fourth-order valence-electron chi connectivity index (χ4n) is 2.63. The minimum Gasteiger partial charge on any atom is -0.392 e. The molecule has 0 spiro atoms. The van der Waals surface area contributed by atoms with Gasteiger partial charge >= 0.3 is 0 Å². The third-order valence-corrected chi connectivity index (χ3v) is 3.89. The smallest absolute Gasteiger partial charge is 0.274 e. The fourth-order valence-corrected chi connectivity index (χ4v) is 2.63. The standard InChI is InChI=1S/C19H20N4O2/c1-12-8-18(23(2)3)15-9-14(5-7-16(15)21-12)22-19(25)17-6-4-13(11-24)10-20-17/h4-10,24H,11H2,1-3H3,(H,22,25). The monoisotopic (exact) mass is 336 g/mol. The van der Waals surface area contributed by atoms with Crippen LogP contribution in [0, 0.1) is 6.92 Å². The number of carbonyl (C=O) groups excluding carboxylic acids is 1. The van der Waals surface area contributed by atoms with Gasteiger partial charge in [-0.1, -0.05) is 6.07 Å². The second-order valence-corrected chi connectivity index (χ2v) is 6.07. The quantitative estimate of drug-likeness (QED) is 0.766. The Kier molecular flexibility index (Phi) is 4.63. The molecule has 6 heteroatoms. The highest BCUT2D eigenvalue weighted by Gasteiger charge is 2.11. The molecule has 0 aliphatic heterocycles. The first kappa shape index (κ1) is 16.9. The fraction of sp³-hybridized carbons (Fsp3) is 0.211. The van der Waals surface area contributed by atoms with Gasteiger partial charge in [0.05, 0.1) is 12.1 Å². The summed E-state index contributed by atoms with van der Waals surface area (Å²) in [6, 6.07) is 10.9. The normalized spacial score (nSPS) is 10.7. The van der Waals surface area contributed by atoms with Crippen molar-refractivity contribution in [3.8, 4) is 0 Å². The molecule has 0 atom stereocenters. The Bertz CT molecular complexity index is 921. The van der Waals surface area contributed by atoms with Crippen LogP contribution >= 0.6 is 0 Å². The van der Waals surface area contributed by atoms with Crippen LogP contribution in [0.15, 0.2) is 42.6 Å². The van der Waals surface area contributed by atoms with Crippen molar-refractivity contribution in [2.45, 2.75) is 13.5 Å². The van der Waals surface area contributed by atoms with Gasteiger partial charge in [0.15, 0.2) is 0 Å². The van der Waals surface area contributed by atoms with E-state index >= 15 is 0 Å². The molecule has 0 saturated heterocycles. The zero-order valence-corrected chi connectivity index (χ0v) is 14.4. The topological polar surface area (TPSA) is 78.4 Å². The maximum absolute atomic E-state index is 12.4. The number of hydrogen-bond acceptors (Lipinski definition) is 5. The number of carbonyl (C=O) groups is 1. The number of aromatic nitrogens is 2. The van der Waals surface area contributed by atoms with Crippen molar-refractivity contribution in [3.63, 3.8) is 0 Å². The van der Waals surface area contributed by atoms with Crippen molar-refractivity contribution in [2.24, 2.45) is 0 Å². The number of hydrogen-bond donors (Lipinski definition) is 2. The van der Waals surface area contributed by atoms with Crippen LogP contribution in [0.2, 0.25) is 0 Å². The van der Waals surface area contributed by atoms with Crippen molar-refractivity contribution in [3.05, 3.63) is 59.5 Å². The number of benzene rings is 1. The van der Waals surface area contributed by atoms with Crippen LogP contribution in [0.4, 0.5) is 11.4 Å². The first-order valence-electron chi connectivity index (χ1n) is 7.94. The summed E-state index contributed by atoms with van der Waals surface area (Å²) in [4.78, 5) is 23.0. The van der Waals surface area contributed by atoms with Crippen LogP contribution < -0.4 is 10.2 Å². The van der Waals surface area contributed by atoms with Gasteiger partial charge in [0, 0.05) is 42.7 Å². The molecule has 1 amide bonds. The van der Waals surface area contributed by atoms with Gasteiger partial charge < -0.3 is 15.3 Å². The molecule has 0 saturated carbocycles. The van der Waals surface area contributed by atoms with Gasteiger partial charge in [-0.15, -0.1) is 0 Å². The van der Waals surface area contributed by atoms with Crippen LogP contribution in [0.5, 0.6) is 0 Å². The van der Waals surface area contributed by atoms with E-state index in [4.69, 9.17) is 5.11 Å². The zero-order chi connectivity index (χ0) is 18.0. The van der Waals surface area contributed by atoms with E-state index < -0.39 is 0 Å². The lowest BCUT2D eigenvalue weighted by Gasteiger charge is -2.17. The lowest BCUT2D eigenvalue weighted by molar-refractivity contribution is 0.102. The summed E-state index contributed by atoms with van der Waals surface area (Å²) in [7, 11) is 3.96. The Hall–Kier alpha value is -2.99. The number of pyridine rings is 2. The molecule has 25 heavy (non-hydrogen) atoms. The summed E-state index contributed by atoms with van der Waals surface area (Å²) in [5, 5.41) is 12.9. The number of anilines is 2. The average molecular weight is 336 g/mol. The highest BCUT2D eigenvalue weighted by atomic mass is 16.3. The predicted octanol–water partition coefficient (Wildman–Crippen LogP) is 2.75. The highest BCUT2D eigenvalue weighted by Crippen LogP contribution is 2.28. The van der Waals surface area contributed by atoms with Gasteiger partial charge in [0.25, 0.3) is 5.91 Å². The summed E-state index contributed by atoms with van der Waals surface area (Å²) < 4.78 is 0. The highest BCUT2D eigenvalue weighted by molar-refractivity contribution is 6.04. The predicted molar refractivity (Wildman–Crippen MR) is 98.9 cm³/mol. The lowest BCUT2D eigenvalue weighted by atomic mass is 10.1. The minimum absolute atomic E-state index is 0.0979. The molecule has 1 aromatic carbocycles. The number of amides is 1. The van der Waals surface area contributed by atoms with Gasteiger partial charge in [-0.3, -0.25) is 14.8 Å². The number of aryl methyl sites for hydroxylation is 1. The number of rotatable bonds is 4. The Morgan fingerprint density at radius 2 is 2.00 bits per heavy atom. The summed E-state index contributed by atoms with van der Waals surface area (Å²) in [6.07, 6.45) is 1.49. The molecule has 0 unspecified atom stereocenters. The first-order chi connectivity index (χ1) is 12.0. The Morgan fingerprint density at radius 3 is 2.64 bits per heavy atom. The Balaban J connectivity index is 1.92. The van der Waals surface area contributed by atoms with Gasteiger partial charge in [-0.25, -0.2) is 0 Å². The van der Waals surface area contributed by atoms with Gasteiger partial charge in [-0.05, 0) is 42.8 Å². The Labute approximate surface area is 146 Å². The number of nitrogens with zero attached hydrogens (tertiary/aromatic N) is 3. The minimum atomic E-state index is -0.296. The summed E-state index contributed by atoms with van der Waals surface area (Å²) in [5.74, 6) is -0.296. The van der Waals surface area contributed by atoms with Crippen LogP contribution in [-0.4, -0.2) is 35.1 Å². The van der Waals surface area contributed by atoms with E-state index in [1.165, 1.54) is 6.20 Å². The van der Waals surface area contributed by atoms with E-state index in [9.17, 15) is 4.79 Å². The average Bonchev–Trinajstić information content (AvgIpc) is 2.61. The maximum atomic E-state index is 12.4. The van der Waals surface area contributed by atoms with Crippen molar-refractivity contribution in [2.75, 3.05) is 24.3 Å². The molecular weight excluding hydrogens is 316 g/mol. The number of aliphatic hydroxyl groups excluding tert-OH is 1. The molecule has 2 heterocycles. The second-order valence-electron chi connectivity index (χ2n) is 6.07. The van der Waals surface area contributed by atoms with Crippen LogP contribution in [0.3, 0.4) is 0 Å². The summed E-state index contributed by atoms with van der Waals surface area (Å²) in [6.45, 7) is 1.86. The van der Waals surface area contributed by atoms with Crippen LogP contribution in [0.25, 0.3) is 10.9 Å². The molecule has 0 aliphatic rings. The van der Waals surface area contributed by atoms with Crippen molar-refractivity contribution >= 4 is 28.2 Å². The van der Waals surface area contributed by atoms with E-state index in [1.807, 2.05) is 50.2 Å². The molecule has 0 radical (unpaired) electrons. The second kappa shape index (κ2) is 6.86. The molecule has 3 rings (SSSR count). The van der Waals surface area contributed by atoms with E-state index in [-0.39, 0.29) is 12.5 Å². The van der Waals surface area contributed by atoms with Crippen LogP contribution in [0.1, 0.15) is 21.7 Å². The van der Waals surface area contributed by atoms with Crippen molar-refractivity contribution in [1.29, 1.82) is 0 Å². The maximum Gasteiger partial charge on any atom is 0.274 e. The molecule has 6 nitrogen and oxygen atoms in total. The SMILES string of the molecule is Cc1cc(N(C)C)c2cc(NC(=O)c3ccc(CO)cn3)ccc2n1. The molecule has 0 fully saturated rings. The van der Waals surface area contributed by atoms with E-state index in [0.717, 1.165) is 22.3 Å². The number of aliphatic hydroxyl groups is 1. The zero-order valence-electron chi connectivity index (χ0n) is 14.4. The van der Waals surface area contributed by atoms with Crippen LogP contribution in [-0.2, 0) is 6.61 Å². The van der Waals surface area contributed by atoms with Crippen molar-refractivity contribution < 1.29 is 9.90 Å². The molecular formula is C19H20N4O2. The molecule has 0 bridgehead atoms. The van der Waals surface area contributed by atoms with Gasteiger partial charge in [0.1, 0.15) is 5.69 Å². The largest absolute Gasteiger partial charge is 0.392 e. The molecule has 0 aliphatic carbocycles. The molecule has 2 aromatic heterocycles. The third-order valence-electron chi connectivity index (χ3n) is 3.89. The summed E-state index contributed by atoms with van der Waals surface area (Å²) in [5.41, 5.74) is 4.52. The van der Waals surface area contributed by atoms with Crippen molar-refractivity contribution in [1.82, 2.24) is 9.97 Å². The van der Waals surface area contributed by atoms with Gasteiger partial charge in [0.2, 0.25) is 0 Å². The third kappa shape index (κ3) is 3.59. The van der Waals surface area contributed by atoms with E-state index in [0.29, 0.717) is 16.9 Å². The van der Waals surface area contributed by atoms with Gasteiger partial charge in [-0.2, -0.15) is 0 Å². The molecule has 128 valence electrons. The number of nitrogens with one attached hydrogen (secondary N) is 1. The Morgan fingerprint density at radius 1 is 1.20 bits per heavy atom. The van der Waals surface area contributed by atoms with E-state index in [2.05, 4.69) is 15.3 Å². The first-order valence-corrected chi connectivity index (χ1v) is 7.94. The summed E-state index contributed by atoms with van der Waals surface area (Å²) >= 11 is 0. The number of fused-ring (bicyclic) bond motifs is 1. The molecule has 2 N–H and O–H groups in total.